The molecule has 2 rings (SSSR count). The molecule has 21 heavy (non-hydrogen) atoms. The highest BCUT2D eigenvalue weighted by Crippen LogP contribution is 2.36. The van der Waals surface area contributed by atoms with Crippen LogP contribution in [0.5, 0.6) is 11.5 Å². The molecule has 0 bridgehead atoms. The maximum atomic E-state index is 12.9. The van der Waals surface area contributed by atoms with E-state index in [4.69, 9.17) is 15.7 Å². The zero-order chi connectivity index (χ0) is 15.6. The number of hydrogen-bond donors (Lipinski definition) is 1. The Morgan fingerprint density at radius 3 is 2.48 bits per heavy atom. The van der Waals surface area contributed by atoms with Crippen LogP contribution in [0.2, 0.25) is 0 Å². The minimum atomic E-state index is -4.62. The molecule has 0 aliphatic heterocycles. The molecule has 108 valence electrons. The van der Waals surface area contributed by atoms with E-state index in [1.54, 1.807) is 18.2 Å². The van der Waals surface area contributed by atoms with Crippen molar-refractivity contribution in [2.45, 2.75) is 13.1 Å². The van der Waals surface area contributed by atoms with Gasteiger partial charge in [-0.3, -0.25) is 0 Å². The van der Waals surface area contributed by atoms with Crippen LogP contribution < -0.4 is 10.5 Å². The lowest BCUT2D eigenvalue weighted by atomic mass is 10.1. The molecule has 3 nitrogen and oxygen atoms in total. The molecule has 0 heterocycles. The zero-order valence-electron chi connectivity index (χ0n) is 11.0. The Balaban J connectivity index is 2.42. The Morgan fingerprint density at radius 1 is 1.14 bits per heavy atom. The van der Waals surface area contributed by atoms with Crippen LogP contribution in [0.3, 0.4) is 0 Å². The van der Waals surface area contributed by atoms with Gasteiger partial charge in [0.15, 0.2) is 5.75 Å². The van der Waals surface area contributed by atoms with Gasteiger partial charge in [0.25, 0.3) is 0 Å². The highest BCUT2D eigenvalue weighted by molar-refractivity contribution is 5.56. The van der Waals surface area contributed by atoms with Gasteiger partial charge in [0.2, 0.25) is 0 Å². The van der Waals surface area contributed by atoms with Crippen LogP contribution in [0.4, 0.5) is 18.9 Å². The molecule has 2 aromatic rings. The van der Waals surface area contributed by atoms with Gasteiger partial charge in [-0.15, -0.1) is 0 Å². The molecule has 6 heteroatoms. The lowest BCUT2D eigenvalue weighted by Gasteiger charge is -2.13. The molecule has 0 unspecified atom stereocenters. The van der Waals surface area contributed by atoms with E-state index in [1.807, 2.05) is 6.92 Å². The van der Waals surface area contributed by atoms with Gasteiger partial charge in [-0.1, -0.05) is 6.07 Å². The number of alkyl halides is 3. The van der Waals surface area contributed by atoms with E-state index in [-0.39, 0.29) is 11.5 Å². The average molecular weight is 292 g/mol. The first kappa shape index (κ1) is 14.7. The Bertz CT molecular complexity index is 718. The van der Waals surface area contributed by atoms with Crippen molar-refractivity contribution >= 4 is 5.69 Å². The van der Waals surface area contributed by atoms with Crippen LogP contribution in [0.25, 0.3) is 0 Å². The minimum Gasteiger partial charge on any atom is -0.455 e. The fraction of sp³-hybridized carbons (Fsp3) is 0.133. The molecular formula is C15H11F3N2O. The number of anilines is 1. The molecule has 0 radical (unpaired) electrons. The second-order valence-corrected chi connectivity index (χ2v) is 4.46. The molecule has 0 aliphatic carbocycles. The highest BCUT2D eigenvalue weighted by Gasteiger charge is 2.34. The first-order chi connectivity index (χ1) is 9.81. The number of nitrogens with two attached hydrogens (primary N) is 1. The molecule has 0 amide bonds. The van der Waals surface area contributed by atoms with E-state index in [2.05, 4.69) is 0 Å². The fourth-order valence-electron chi connectivity index (χ4n) is 1.78. The van der Waals surface area contributed by atoms with Crippen molar-refractivity contribution in [1.82, 2.24) is 0 Å². The number of hydrogen-bond acceptors (Lipinski definition) is 3. The molecule has 0 spiro atoms. The highest BCUT2D eigenvalue weighted by atomic mass is 19.4. The zero-order valence-corrected chi connectivity index (χ0v) is 11.0. The summed E-state index contributed by atoms with van der Waals surface area (Å²) in [6.45, 7) is 1.81. The number of aryl methyl sites for hydroxylation is 1. The van der Waals surface area contributed by atoms with Crippen molar-refractivity contribution in [3.63, 3.8) is 0 Å². The second kappa shape index (κ2) is 5.37. The lowest BCUT2D eigenvalue weighted by Crippen LogP contribution is -2.08. The van der Waals surface area contributed by atoms with Gasteiger partial charge in [0.1, 0.15) is 5.75 Å². The van der Waals surface area contributed by atoms with Gasteiger partial charge in [0, 0.05) is 0 Å². The summed E-state index contributed by atoms with van der Waals surface area (Å²) in [7, 11) is 0. The molecule has 0 fully saturated rings. The van der Waals surface area contributed by atoms with E-state index in [0.29, 0.717) is 5.69 Å². The molecule has 0 saturated heterocycles. The third-order valence-electron chi connectivity index (χ3n) is 2.81. The van der Waals surface area contributed by atoms with Crippen LogP contribution in [-0.2, 0) is 6.18 Å². The lowest BCUT2D eigenvalue weighted by molar-refractivity contribution is -0.137. The predicted molar refractivity (Wildman–Crippen MR) is 71.8 cm³/mol. The third kappa shape index (κ3) is 3.26. The standard InChI is InChI=1S/C15H11F3N2O/c1-9-2-5-13(20)14(6-9)21-11-4-3-10(8-19)12(7-11)15(16,17)18/h2-7H,20H2,1H3. The van der Waals surface area contributed by atoms with Gasteiger partial charge in [-0.25, -0.2) is 0 Å². The SMILES string of the molecule is Cc1ccc(N)c(Oc2ccc(C#N)c(C(F)(F)F)c2)c1. The predicted octanol–water partition coefficient (Wildman–Crippen LogP) is 4.26. The quantitative estimate of drug-likeness (QED) is 0.841. The molecular weight excluding hydrogens is 281 g/mol. The summed E-state index contributed by atoms with van der Waals surface area (Å²) in [5, 5.41) is 8.73. The van der Waals surface area contributed by atoms with Gasteiger partial charge < -0.3 is 10.5 Å². The Labute approximate surface area is 119 Å². The number of nitrogen functional groups attached to an aromatic ring is 1. The number of nitrogens with zero attached hydrogens (tertiary/aromatic N) is 1. The smallest absolute Gasteiger partial charge is 0.417 e. The number of benzene rings is 2. The summed E-state index contributed by atoms with van der Waals surface area (Å²) < 4.78 is 44.0. The van der Waals surface area contributed by atoms with Gasteiger partial charge in [-0.05, 0) is 42.8 Å². The van der Waals surface area contributed by atoms with Crippen LogP contribution >= 0.6 is 0 Å². The number of ether oxygens (including phenoxy) is 1. The topological polar surface area (TPSA) is 59.0 Å². The van der Waals surface area contributed by atoms with Crippen LogP contribution in [-0.4, -0.2) is 0 Å². The largest absolute Gasteiger partial charge is 0.455 e. The normalized spacial score (nSPS) is 11.0. The summed E-state index contributed by atoms with van der Waals surface area (Å²) in [5.74, 6) is 0.242. The van der Waals surface area contributed by atoms with Crippen LogP contribution in [0.1, 0.15) is 16.7 Å². The van der Waals surface area contributed by atoms with Gasteiger partial charge in [-0.2, -0.15) is 18.4 Å². The fourth-order valence-corrected chi connectivity index (χ4v) is 1.78. The maximum absolute atomic E-state index is 12.9. The number of halogens is 3. The first-order valence-electron chi connectivity index (χ1n) is 5.96. The summed E-state index contributed by atoms with van der Waals surface area (Å²) in [4.78, 5) is 0. The van der Waals surface area contributed by atoms with E-state index in [0.717, 1.165) is 17.7 Å². The molecule has 2 aromatic carbocycles. The summed E-state index contributed by atoms with van der Waals surface area (Å²) in [6, 6.07) is 9.68. The third-order valence-corrected chi connectivity index (χ3v) is 2.81. The monoisotopic (exact) mass is 292 g/mol. The number of nitriles is 1. The van der Waals surface area contributed by atoms with Crippen molar-refractivity contribution in [2.75, 3.05) is 5.73 Å². The summed E-state index contributed by atoms with van der Waals surface area (Å²) in [6.07, 6.45) is -4.62. The van der Waals surface area contributed by atoms with E-state index in [1.165, 1.54) is 12.1 Å². The molecule has 0 aliphatic rings. The van der Waals surface area contributed by atoms with Crippen LogP contribution in [0.15, 0.2) is 36.4 Å². The molecule has 0 atom stereocenters. The van der Waals surface area contributed by atoms with E-state index < -0.39 is 17.3 Å². The Kier molecular flexibility index (Phi) is 3.76. The molecule has 0 saturated carbocycles. The van der Waals surface area contributed by atoms with Crippen molar-refractivity contribution < 1.29 is 17.9 Å². The van der Waals surface area contributed by atoms with Crippen molar-refractivity contribution in [2.24, 2.45) is 0 Å². The average Bonchev–Trinajstić information content (AvgIpc) is 2.42. The van der Waals surface area contributed by atoms with Crippen LogP contribution in [0, 0.1) is 18.3 Å². The van der Waals surface area contributed by atoms with Gasteiger partial charge >= 0.3 is 6.18 Å². The van der Waals surface area contributed by atoms with E-state index in [9.17, 15) is 13.2 Å². The second-order valence-electron chi connectivity index (χ2n) is 4.46. The molecule has 2 N–H and O–H groups in total. The summed E-state index contributed by atoms with van der Waals surface area (Å²) in [5.41, 5.74) is 5.42. The molecule has 0 aromatic heterocycles. The van der Waals surface area contributed by atoms with Crippen molar-refractivity contribution in [3.8, 4) is 17.6 Å². The summed E-state index contributed by atoms with van der Waals surface area (Å²) >= 11 is 0. The number of rotatable bonds is 2. The Morgan fingerprint density at radius 2 is 1.86 bits per heavy atom. The maximum Gasteiger partial charge on any atom is 0.417 e. The first-order valence-corrected chi connectivity index (χ1v) is 5.96. The minimum absolute atomic E-state index is 0.0291. The van der Waals surface area contributed by atoms with Crippen molar-refractivity contribution in [1.29, 1.82) is 5.26 Å². The van der Waals surface area contributed by atoms with Crippen molar-refractivity contribution in [3.05, 3.63) is 53.1 Å². The van der Waals surface area contributed by atoms with E-state index >= 15 is 0 Å². The van der Waals surface area contributed by atoms with Gasteiger partial charge in [0.05, 0.1) is 22.9 Å². The Hall–Kier alpha value is -2.68.